The van der Waals surface area contributed by atoms with Gasteiger partial charge in [0, 0.05) is 25.7 Å². The Bertz CT molecular complexity index is 157. The standard InChI is InChI=1S/C8H16N2O3/c9-3-6-13-10-8(11)7-1-4-12-5-2-7/h7H,1-6,9H2,(H,10,11). The number of nitrogens with two attached hydrogens (primary N) is 1. The Balaban J connectivity index is 2.13. The Morgan fingerprint density at radius 1 is 1.54 bits per heavy atom. The fourth-order valence-corrected chi connectivity index (χ4v) is 1.22. The Morgan fingerprint density at radius 2 is 2.23 bits per heavy atom. The molecule has 0 bridgehead atoms. The molecule has 1 aliphatic rings. The zero-order chi connectivity index (χ0) is 9.52. The molecule has 0 aliphatic carbocycles. The van der Waals surface area contributed by atoms with Gasteiger partial charge < -0.3 is 10.5 Å². The first-order chi connectivity index (χ1) is 6.34. The number of carbonyl (C=O) groups excluding carboxylic acids is 1. The van der Waals surface area contributed by atoms with Crippen molar-refractivity contribution in [1.29, 1.82) is 0 Å². The van der Waals surface area contributed by atoms with Crippen LogP contribution >= 0.6 is 0 Å². The van der Waals surface area contributed by atoms with Gasteiger partial charge in [0.05, 0.1) is 6.61 Å². The molecule has 13 heavy (non-hydrogen) atoms. The lowest BCUT2D eigenvalue weighted by Gasteiger charge is -2.20. The monoisotopic (exact) mass is 188 g/mol. The second-order valence-corrected chi connectivity index (χ2v) is 2.99. The summed E-state index contributed by atoms with van der Waals surface area (Å²) >= 11 is 0. The van der Waals surface area contributed by atoms with Crippen molar-refractivity contribution in [3.05, 3.63) is 0 Å². The molecule has 76 valence electrons. The normalized spacial score (nSPS) is 18.5. The highest BCUT2D eigenvalue weighted by atomic mass is 16.6. The average Bonchev–Trinajstić information content (AvgIpc) is 2.19. The van der Waals surface area contributed by atoms with Gasteiger partial charge in [-0.05, 0) is 12.8 Å². The topological polar surface area (TPSA) is 73.6 Å². The molecule has 1 rings (SSSR count). The highest BCUT2D eigenvalue weighted by molar-refractivity contribution is 5.77. The van der Waals surface area contributed by atoms with E-state index in [1.165, 1.54) is 0 Å². The molecular weight excluding hydrogens is 172 g/mol. The van der Waals surface area contributed by atoms with E-state index in [2.05, 4.69) is 5.48 Å². The molecule has 0 aromatic rings. The molecule has 0 unspecified atom stereocenters. The predicted octanol–water partition coefficient (Wildman–Crippen LogP) is -0.580. The molecule has 1 saturated heterocycles. The maximum absolute atomic E-state index is 11.3. The maximum Gasteiger partial charge on any atom is 0.246 e. The van der Waals surface area contributed by atoms with Crippen molar-refractivity contribution in [3.8, 4) is 0 Å². The van der Waals surface area contributed by atoms with Crippen molar-refractivity contribution < 1.29 is 14.4 Å². The molecule has 1 aliphatic heterocycles. The summed E-state index contributed by atoms with van der Waals surface area (Å²) in [5, 5.41) is 0. The van der Waals surface area contributed by atoms with Crippen LogP contribution in [0.15, 0.2) is 0 Å². The Morgan fingerprint density at radius 3 is 2.85 bits per heavy atom. The number of nitrogens with one attached hydrogen (secondary N) is 1. The highest BCUT2D eigenvalue weighted by Gasteiger charge is 2.21. The summed E-state index contributed by atoms with van der Waals surface area (Å²) < 4.78 is 5.13. The van der Waals surface area contributed by atoms with Crippen molar-refractivity contribution in [2.45, 2.75) is 12.8 Å². The van der Waals surface area contributed by atoms with Crippen LogP contribution in [0, 0.1) is 5.92 Å². The minimum Gasteiger partial charge on any atom is -0.381 e. The molecule has 5 nitrogen and oxygen atoms in total. The molecule has 5 heteroatoms. The summed E-state index contributed by atoms with van der Waals surface area (Å²) in [6, 6.07) is 0. The van der Waals surface area contributed by atoms with Gasteiger partial charge in [-0.3, -0.25) is 9.63 Å². The Kier molecular flexibility index (Phi) is 4.74. The highest BCUT2D eigenvalue weighted by Crippen LogP contribution is 2.14. The first kappa shape index (κ1) is 10.4. The first-order valence-corrected chi connectivity index (χ1v) is 4.54. The number of hydroxylamine groups is 1. The van der Waals surface area contributed by atoms with Gasteiger partial charge in [0.2, 0.25) is 5.91 Å². The summed E-state index contributed by atoms with van der Waals surface area (Å²) in [5.41, 5.74) is 7.58. The van der Waals surface area contributed by atoms with Crippen molar-refractivity contribution in [1.82, 2.24) is 5.48 Å². The van der Waals surface area contributed by atoms with E-state index in [1.54, 1.807) is 0 Å². The third-order valence-electron chi connectivity index (χ3n) is 1.98. The van der Waals surface area contributed by atoms with Crippen LogP contribution in [-0.2, 0) is 14.4 Å². The zero-order valence-corrected chi connectivity index (χ0v) is 7.62. The first-order valence-electron chi connectivity index (χ1n) is 4.54. The summed E-state index contributed by atoms with van der Waals surface area (Å²) in [4.78, 5) is 16.2. The van der Waals surface area contributed by atoms with Crippen LogP contribution in [0.4, 0.5) is 0 Å². The van der Waals surface area contributed by atoms with E-state index in [1.807, 2.05) is 0 Å². The molecule has 0 spiro atoms. The number of amides is 1. The number of rotatable bonds is 4. The van der Waals surface area contributed by atoms with Crippen molar-refractivity contribution in [2.24, 2.45) is 11.7 Å². The second kappa shape index (κ2) is 5.90. The molecule has 3 N–H and O–H groups in total. The van der Waals surface area contributed by atoms with Crippen molar-refractivity contribution in [3.63, 3.8) is 0 Å². The van der Waals surface area contributed by atoms with Crippen LogP contribution in [0.1, 0.15) is 12.8 Å². The lowest BCUT2D eigenvalue weighted by molar-refractivity contribution is -0.140. The summed E-state index contributed by atoms with van der Waals surface area (Å²) in [6.45, 7) is 2.09. The molecule has 0 aromatic carbocycles. The third kappa shape index (κ3) is 3.71. The fourth-order valence-electron chi connectivity index (χ4n) is 1.22. The van der Waals surface area contributed by atoms with E-state index >= 15 is 0 Å². The Labute approximate surface area is 77.5 Å². The minimum absolute atomic E-state index is 0.0338. The number of ether oxygens (including phenoxy) is 1. The largest absolute Gasteiger partial charge is 0.381 e. The van der Waals surface area contributed by atoms with Gasteiger partial charge >= 0.3 is 0 Å². The van der Waals surface area contributed by atoms with E-state index in [0.29, 0.717) is 26.4 Å². The van der Waals surface area contributed by atoms with Gasteiger partial charge in [0.15, 0.2) is 0 Å². The number of carbonyl (C=O) groups is 1. The van der Waals surface area contributed by atoms with E-state index in [4.69, 9.17) is 15.3 Å². The molecule has 0 aromatic heterocycles. The minimum atomic E-state index is -0.0586. The maximum atomic E-state index is 11.3. The van der Waals surface area contributed by atoms with Crippen LogP contribution in [0.2, 0.25) is 0 Å². The van der Waals surface area contributed by atoms with Crippen LogP contribution in [0.5, 0.6) is 0 Å². The number of hydrogen-bond donors (Lipinski definition) is 2. The summed E-state index contributed by atoms with van der Waals surface area (Å²) in [7, 11) is 0. The van der Waals surface area contributed by atoms with E-state index in [-0.39, 0.29) is 11.8 Å². The SMILES string of the molecule is NCCONC(=O)C1CCOCC1. The van der Waals surface area contributed by atoms with Gasteiger partial charge in [0.1, 0.15) is 0 Å². The fraction of sp³-hybridized carbons (Fsp3) is 0.875. The molecule has 0 radical (unpaired) electrons. The van der Waals surface area contributed by atoms with Crippen molar-refractivity contribution >= 4 is 5.91 Å². The van der Waals surface area contributed by atoms with Crippen LogP contribution in [0.3, 0.4) is 0 Å². The second-order valence-electron chi connectivity index (χ2n) is 2.99. The van der Waals surface area contributed by atoms with Crippen molar-refractivity contribution in [2.75, 3.05) is 26.4 Å². The zero-order valence-electron chi connectivity index (χ0n) is 7.62. The predicted molar refractivity (Wildman–Crippen MR) is 46.7 cm³/mol. The van der Waals surface area contributed by atoms with Crippen LogP contribution in [-0.4, -0.2) is 32.3 Å². The van der Waals surface area contributed by atoms with Gasteiger partial charge in [-0.15, -0.1) is 0 Å². The molecule has 1 heterocycles. The summed E-state index contributed by atoms with van der Waals surface area (Å²) in [6.07, 6.45) is 1.55. The van der Waals surface area contributed by atoms with Gasteiger partial charge in [-0.2, -0.15) is 0 Å². The molecule has 0 atom stereocenters. The average molecular weight is 188 g/mol. The molecule has 1 amide bonds. The van der Waals surface area contributed by atoms with Crippen LogP contribution < -0.4 is 11.2 Å². The molecule has 1 fully saturated rings. The van der Waals surface area contributed by atoms with E-state index < -0.39 is 0 Å². The van der Waals surface area contributed by atoms with Gasteiger partial charge in [0.25, 0.3) is 0 Å². The lowest BCUT2D eigenvalue weighted by atomic mass is 10.0. The molecular formula is C8H16N2O3. The van der Waals surface area contributed by atoms with E-state index in [0.717, 1.165) is 12.8 Å². The smallest absolute Gasteiger partial charge is 0.246 e. The lowest BCUT2D eigenvalue weighted by Crippen LogP contribution is -2.35. The van der Waals surface area contributed by atoms with Gasteiger partial charge in [-0.25, -0.2) is 5.48 Å². The van der Waals surface area contributed by atoms with Crippen LogP contribution in [0.25, 0.3) is 0 Å². The summed E-state index contributed by atoms with van der Waals surface area (Å²) in [5.74, 6) is -0.0247. The Hall–Kier alpha value is -0.650. The quantitative estimate of drug-likeness (QED) is 0.457. The van der Waals surface area contributed by atoms with Gasteiger partial charge in [-0.1, -0.05) is 0 Å². The van der Waals surface area contributed by atoms with E-state index in [9.17, 15) is 4.79 Å². The molecule has 0 saturated carbocycles. The third-order valence-corrected chi connectivity index (χ3v) is 1.98. The number of hydrogen-bond acceptors (Lipinski definition) is 4.